The van der Waals surface area contributed by atoms with Gasteiger partial charge in [0.1, 0.15) is 98.7 Å². The van der Waals surface area contributed by atoms with Crippen LogP contribution in [0, 0.1) is 0 Å². The quantitative estimate of drug-likeness (QED) is 0.0117. The lowest BCUT2D eigenvalue weighted by Gasteiger charge is -2.49. The van der Waals surface area contributed by atoms with Crippen LogP contribution in [0.2, 0.25) is 0 Å². The molecular formula is C72H135O24P. The summed E-state index contributed by atoms with van der Waals surface area (Å²) >= 11 is 0. The maximum Gasteiger partial charge on any atom is 0.472 e. The van der Waals surface area contributed by atoms with Crippen molar-refractivity contribution in [2.45, 2.75) is 414 Å². The van der Waals surface area contributed by atoms with Gasteiger partial charge in [-0.05, 0) is 19.3 Å². The Bertz CT molecular complexity index is 2010. The van der Waals surface area contributed by atoms with Gasteiger partial charge >= 0.3 is 25.7 Å². The average molecular weight is 1420 g/mol. The summed E-state index contributed by atoms with van der Waals surface area (Å²) in [5.41, 5.74) is 0. The lowest BCUT2D eigenvalue weighted by atomic mass is 9.84. The second-order valence-electron chi connectivity index (χ2n) is 27.7. The second-order valence-corrected chi connectivity index (χ2v) is 29.1. The Kier molecular flexibility index (Phi) is 50.2. The molecule has 572 valence electrons. The lowest BCUT2D eigenvalue weighted by Crippen LogP contribution is -2.69. The third kappa shape index (κ3) is 37.8. The van der Waals surface area contributed by atoms with Crippen molar-refractivity contribution in [1.29, 1.82) is 0 Å². The molecule has 0 aromatic rings. The van der Waals surface area contributed by atoms with E-state index < -0.39 is 156 Å². The molecule has 24 nitrogen and oxygen atoms in total. The van der Waals surface area contributed by atoms with Gasteiger partial charge in [-0.15, -0.1) is 0 Å². The molecule has 11 N–H and O–H groups in total. The number of esters is 3. The van der Waals surface area contributed by atoms with E-state index in [-0.39, 0.29) is 19.3 Å². The Morgan fingerprint density at radius 1 is 0.361 bits per heavy atom. The summed E-state index contributed by atoms with van der Waals surface area (Å²) in [5.74, 6) is -1.97. The van der Waals surface area contributed by atoms with Gasteiger partial charge in [-0.2, -0.15) is 0 Å². The minimum atomic E-state index is -5.69. The van der Waals surface area contributed by atoms with Gasteiger partial charge in [0.25, 0.3) is 0 Å². The van der Waals surface area contributed by atoms with Gasteiger partial charge < -0.3 is 89.1 Å². The van der Waals surface area contributed by atoms with Crippen molar-refractivity contribution >= 4 is 25.7 Å². The molecule has 25 heteroatoms. The molecule has 18 unspecified atom stereocenters. The predicted octanol–water partition coefficient (Wildman–Crippen LogP) is 10.6. The molecule has 2 saturated heterocycles. The van der Waals surface area contributed by atoms with Gasteiger partial charge in [-0.25, -0.2) is 4.57 Å². The molecule has 3 fully saturated rings. The topological polar surface area (TPSA) is 374 Å². The summed E-state index contributed by atoms with van der Waals surface area (Å²) in [6.45, 7) is 3.46. The fourth-order valence-corrected chi connectivity index (χ4v) is 13.8. The standard InChI is InChI=1S/C72H135O24P/c1-4-7-10-13-16-19-22-24-26-27-28-30-33-34-37-40-43-46-56(74)88-50-53(91-58(76)48-45-42-39-36-31-21-18-15-12-9-6-3)51-90-97(86,87)96-70-68(94-71-66(84)61(79)59(77)54(49-73)92-71)64(82)63(81)65(83)69(70)95-72-67(85)62(80)60(78)55(93-72)52-89-57(75)47-44-41-38-35-32-29-25-23-20-17-14-11-8-5-2/h53-55,59-73,77-85H,4-52H2,1-3H3,(H,86,87). The van der Waals surface area contributed by atoms with E-state index in [1.807, 2.05) is 0 Å². The number of hydrogen-bond donors (Lipinski definition) is 11. The average Bonchev–Trinajstić information content (AvgIpc) is 0.763. The number of rotatable bonds is 60. The molecule has 3 rings (SSSR count). The molecule has 0 radical (unpaired) electrons. The van der Waals surface area contributed by atoms with Crippen molar-refractivity contribution in [2.75, 3.05) is 26.4 Å². The molecule has 1 aliphatic carbocycles. The highest BCUT2D eigenvalue weighted by atomic mass is 31.2. The van der Waals surface area contributed by atoms with Crippen LogP contribution in [-0.2, 0) is 61.2 Å². The number of phosphoric acid groups is 1. The SMILES string of the molecule is CCCCCCCCCCCCCCCCCCCC(=O)OCC(COP(=O)(O)OC1C(OC2OC(CO)C(O)C(O)C2O)C(O)C(O)C(O)C1OC1OC(COC(=O)CCCCCCCCCCCCCCCC)C(O)C(O)C1O)OC(=O)CCCCCCCCCCCCC. The Hall–Kier alpha value is -2.04. The Balaban J connectivity index is 1.71. The van der Waals surface area contributed by atoms with E-state index in [0.717, 1.165) is 89.9 Å². The van der Waals surface area contributed by atoms with Crippen LogP contribution >= 0.6 is 7.82 Å². The zero-order chi connectivity index (χ0) is 71.1. The molecule has 0 bridgehead atoms. The summed E-state index contributed by atoms with van der Waals surface area (Å²) in [4.78, 5) is 51.0. The van der Waals surface area contributed by atoms with Gasteiger partial charge in [0.05, 0.1) is 13.2 Å². The molecule has 0 aromatic carbocycles. The number of unbranched alkanes of at least 4 members (excludes halogenated alkanes) is 39. The predicted molar refractivity (Wildman–Crippen MR) is 365 cm³/mol. The normalized spacial score (nSPS) is 27.7. The number of phosphoric ester groups is 1. The van der Waals surface area contributed by atoms with Gasteiger partial charge in [0, 0.05) is 19.3 Å². The molecule has 18 atom stereocenters. The largest absolute Gasteiger partial charge is 0.472 e. The van der Waals surface area contributed by atoms with Crippen LogP contribution in [0.15, 0.2) is 0 Å². The Morgan fingerprint density at radius 3 is 1.01 bits per heavy atom. The summed E-state index contributed by atoms with van der Waals surface area (Å²) in [6, 6.07) is 0. The van der Waals surface area contributed by atoms with Crippen molar-refractivity contribution in [1.82, 2.24) is 0 Å². The van der Waals surface area contributed by atoms with Crippen LogP contribution in [0.25, 0.3) is 0 Å². The first-order valence-electron chi connectivity index (χ1n) is 38.3. The molecule has 97 heavy (non-hydrogen) atoms. The smallest absolute Gasteiger partial charge is 0.463 e. The molecule has 0 spiro atoms. The third-order valence-corrected chi connectivity index (χ3v) is 20.1. The monoisotopic (exact) mass is 1410 g/mol. The van der Waals surface area contributed by atoms with Crippen molar-refractivity contribution < 1.29 is 117 Å². The van der Waals surface area contributed by atoms with Crippen molar-refractivity contribution in [2.24, 2.45) is 0 Å². The zero-order valence-corrected chi connectivity index (χ0v) is 60.5. The van der Waals surface area contributed by atoms with Gasteiger partial charge in [-0.3, -0.25) is 23.4 Å². The van der Waals surface area contributed by atoms with Gasteiger partial charge in [-0.1, -0.05) is 271 Å². The molecule has 2 aliphatic heterocycles. The number of carbonyl (C=O) groups excluding carboxylic acids is 3. The van der Waals surface area contributed by atoms with E-state index in [1.54, 1.807) is 0 Å². The first-order chi connectivity index (χ1) is 46.8. The number of carbonyl (C=O) groups is 3. The Morgan fingerprint density at radius 2 is 0.660 bits per heavy atom. The minimum absolute atomic E-state index is 0.0337. The summed E-state index contributed by atoms with van der Waals surface area (Å²) < 4.78 is 65.0. The molecular weight excluding hydrogens is 1280 g/mol. The number of hydrogen-bond acceptors (Lipinski definition) is 23. The van der Waals surface area contributed by atoms with E-state index in [2.05, 4.69) is 20.8 Å². The fourth-order valence-electron chi connectivity index (χ4n) is 12.9. The van der Waals surface area contributed by atoms with Crippen LogP contribution in [0.5, 0.6) is 0 Å². The zero-order valence-electron chi connectivity index (χ0n) is 59.6. The van der Waals surface area contributed by atoms with E-state index in [4.69, 9.17) is 42.2 Å². The lowest BCUT2D eigenvalue weighted by molar-refractivity contribution is -0.360. The number of aliphatic hydroxyl groups excluding tert-OH is 10. The molecule has 2 heterocycles. The van der Waals surface area contributed by atoms with Crippen LogP contribution in [0.4, 0.5) is 0 Å². The van der Waals surface area contributed by atoms with E-state index in [0.29, 0.717) is 19.3 Å². The van der Waals surface area contributed by atoms with E-state index in [1.165, 1.54) is 161 Å². The van der Waals surface area contributed by atoms with Gasteiger partial charge in [0.2, 0.25) is 0 Å². The third-order valence-electron chi connectivity index (χ3n) is 19.1. The summed E-state index contributed by atoms with van der Waals surface area (Å²) in [6.07, 6.45) is 11.7. The highest BCUT2D eigenvalue weighted by molar-refractivity contribution is 7.47. The number of ether oxygens (including phenoxy) is 7. The van der Waals surface area contributed by atoms with E-state index >= 15 is 0 Å². The fraction of sp³-hybridized carbons (Fsp3) is 0.958. The Labute approximate surface area is 580 Å². The van der Waals surface area contributed by atoms with Gasteiger partial charge in [0.15, 0.2) is 18.7 Å². The maximum absolute atomic E-state index is 14.3. The van der Waals surface area contributed by atoms with Crippen LogP contribution in [-0.4, -0.2) is 204 Å². The molecule has 3 aliphatic rings. The highest BCUT2D eigenvalue weighted by Crippen LogP contribution is 2.49. The first-order valence-corrected chi connectivity index (χ1v) is 39.8. The van der Waals surface area contributed by atoms with Crippen LogP contribution in [0.1, 0.15) is 310 Å². The molecule has 1 saturated carbocycles. The summed E-state index contributed by atoms with van der Waals surface area (Å²) in [5, 5.41) is 110. The maximum atomic E-state index is 14.3. The number of aliphatic hydroxyl groups is 10. The summed E-state index contributed by atoms with van der Waals surface area (Å²) in [7, 11) is -5.69. The first kappa shape index (κ1) is 89.2. The van der Waals surface area contributed by atoms with Crippen molar-refractivity contribution in [3.8, 4) is 0 Å². The van der Waals surface area contributed by atoms with Crippen LogP contribution in [0.3, 0.4) is 0 Å². The van der Waals surface area contributed by atoms with Crippen molar-refractivity contribution in [3.05, 3.63) is 0 Å². The highest BCUT2D eigenvalue weighted by Gasteiger charge is 2.58. The molecule has 0 aromatic heterocycles. The molecule has 0 amide bonds. The second kappa shape index (κ2) is 54.6. The minimum Gasteiger partial charge on any atom is -0.463 e. The van der Waals surface area contributed by atoms with Crippen LogP contribution < -0.4 is 0 Å². The van der Waals surface area contributed by atoms with E-state index in [9.17, 15) is 74.9 Å². The van der Waals surface area contributed by atoms with Crippen molar-refractivity contribution in [3.63, 3.8) is 0 Å².